The first kappa shape index (κ1) is 17.6. The summed E-state index contributed by atoms with van der Waals surface area (Å²) in [5.41, 5.74) is 2.42. The molecule has 3 aromatic rings. The van der Waals surface area contributed by atoms with Crippen LogP contribution in [0.1, 0.15) is 22.2 Å². The minimum atomic E-state index is -0.899. The summed E-state index contributed by atoms with van der Waals surface area (Å²) in [6.07, 6.45) is 0.760. The molecular weight excluding hydrogens is 369 g/mol. The van der Waals surface area contributed by atoms with Crippen molar-refractivity contribution in [1.29, 1.82) is 0 Å². The second-order valence-electron chi connectivity index (χ2n) is 6.35. The number of para-hydroxylation sites is 1. The van der Waals surface area contributed by atoms with Gasteiger partial charge in [0.2, 0.25) is 0 Å². The lowest BCUT2D eigenvalue weighted by Crippen LogP contribution is -2.46. The van der Waals surface area contributed by atoms with E-state index in [0.29, 0.717) is 16.3 Å². The van der Waals surface area contributed by atoms with Crippen LogP contribution in [0.5, 0.6) is 0 Å². The molecule has 1 saturated heterocycles. The molecular formula is C19H20FN3OS2. The summed E-state index contributed by atoms with van der Waals surface area (Å²) < 4.78 is 14.7. The van der Waals surface area contributed by atoms with Gasteiger partial charge in [0, 0.05) is 49.9 Å². The maximum absolute atomic E-state index is 14.7. The molecule has 0 amide bonds. The molecule has 1 aliphatic rings. The lowest BCUT2D eigenvalue weighted by Gasteiger charge is -2.37. The van der Waals surface area contributed by atoms with Crippen LogP contribution in [0, 0.1) is 5.82 Å². The maximum Gasteiger partial charge on any atom is 0.146 e. The lowest BCUT2D eigenvalue weighted by atomic mass is 10.0. The second kappa shape index (κ2) is 7.84. The normalized spacial score (nSPS) is 16.8. The minimum absolute atomic E-state index is 0.288. The van der Waals surface area contributed by atoms with Gasteiger partial charge in [0.15, 0.2) is 0 Å². The van der Waals surface area contributed by atoms with Gasteiger partial charge in [-0.2, -0.15) is 11.3 Å². The number of thiophene rings is 1. The zero-order valence-electron chi connectivity index (χ0n) is 14.2. The van der Waals surface area contributed by atoms with Crippen molar-refractivity contribution in [1.82, 2.24) is 9.88 Å². The number of aromatic nitrogens is 1. The minimum Gasteiger partial charge on any atom is -0.381 e. The SMILES string of the molecule is O[C@@H](c1nccs1)c1cccc(F)c1N1CCN(Cc2ccsc2)CC1. The fraction of sp³-hybridized carbons (Fsp3) is 0.316. The molecule has 0 bridgehead atoms. The van der Waals surface area contributed by atoms with Crippen LogP contribution in [0.25, 0.3) is 0 Å². The summed E-state index contributed by atoms with van der Waals surface area (Å²) in [7, 11) is 0. The van der Waals surface area contributed by atoms with E-state index in [0.717, 1.165) is 32.7 Å². The number of piperazine rings is 1. The summed E-state index contributed by atoms with van der Waals surface area (Å²) in [4.78, 5) is 8.62. The Morgan fingerprint density at radius 3 is 2.69 bits per heavy atom. The van der Waals surface area contributed by atoms with Crippen molar-refractivity contribution >= 4 is 28.4 Å². The van der Waals surface area contributed by atoms with Gasteiger partial charge in [0.05, 0.1) is 5.69 Å². The Bertz CT molecular complexity index is 831. The van der Waals surface area contributed by atoms with Gasteiger partial charge in [-0.25, -0.2) is 9.37 Å². The zero-order chi connectivity index (χ0) is 17.9. The first-order valence-corrected chi connectivity index (χ1v) is 10.4. The Kier molecular flexibility index (Phi) is 5.31. The maximum atomic E-state index is 14.7. The number of anilines is 1. The monoisotopic (exact) mass is 389 g/mol. The molecule has 1 aromatic carbocycles. The van der Waals surface area contributed by atoms with E-state index in [1.54, 1.807) is 29.7 Å². The van der Waals surface area contributed by atoms with Crippen LogP contribution in [0.2, 0.25) is 0 Å². The highest BCUT2D eigenvalue weighted by Gasteiger charge is 2.26. The molecule has 3 heterocycles. The van der Waals surface area contributed by atoms with Crippen LogP contribution in [0.4, 0.5) is 10.1 Å². The molecule has 0 aliphatic carbocycles. The number of hydrogen-bond donors (Lipinski definition) is 1. The summed E-state index contributed by atoms with van der Waals surface area (Å²) in [6.45, 7) is 4.16. The van der Waals surface area contributed by atoms with Crippen LogP contribution in [-0.4, -0.2) is 41.2 Å². The van der Waals surface area contributed by atoms with Gasteiger partial charge in [-0.05, 0) is 28.5 Å². The molecule has 1 atom stereocenters. The van der Waals surface area contributed by atoms with Crippen molar-refractivity contribution in [3.8, 4) is 0 Å². The van der Waals surface area contributed by atoms with Crippen molar-refractivity contribution in [3.05, 3.63) is 68.6 Å². The van der Waals surface area contributed by atoms with Gasteiger partial charge in [0.1, 0.15) is 16.9 Å². The van der Waals surface area contributed by atoms with E-state index >= 15 is 0 Å². The van der Waals surface area contributed by atoms with Gasteiger partial charge < -0.3 is 10.0 Å². The molecule has 1 N–H and O–H groups in total. The Morgan fingerprint density at radius 1 is 1.15 bits per heavy atom. The number of thiazole rings is 1. The van der Waals surface area contributed by atoms with E-state index in [1.807, 2.05) is 10.3 Å². The van der Waals surface area contributed by atoms with E-state index in [-0.39, 0.29) is 5.82 Å². The largest absolute Gasteiger partial charge is 0.381 e. The predicted octanol–water partition coefficient (Wildman–Crippen LogP) is 3.75. The van der Waals surface area contributed by atoms with Crippen LogP contribution in [0.3, 0.4) is 0 Å². The average Bonchev–Trinajstić information content (AvgIpc) is 3.36. The van der Waals surface area contributed by atoms with Gasteiger partial charge >= 0.3 is 0 Å². The van der Waals surface area contributed by atoms with Crippen molar-refractivity contribution < 1.29 is 9.50 Å². The van der Waals surface area contributed by atoms with Crippen LogP contribution < -0.4 is 4.90 Å². The average molecular weight is 390 g/mol. The third-order valence-electron chi connectivity index (χ3n) is 4.67. The van der Waals surface area contributed by atoms with Crippen LogP contribution in [-0.2, 0) is 6.54 Å². The number of benzene rings is 1. The second-order valence-corrected chi connectivity index (χ2v) is 8.05. The standard InChI is InChI=1S/C19H20FN3OS2/c20-16-3-1-2-15(18(24)19-21-5-11-26-19)17(16)23-8-6-22(7-9-23)12-14-4-10-25-13-14/h1-5,10-11,13,18,24H,6-9,12H2/t18-/m1/s1. The number of nitrogens with zero attached hydrogens (tertiary/aromatic N) is 3. The molecule has 0 radical (unpaired) electrons. The molecule has 2 aromatic heterocycles. The molecule has 4 rings (SSSR count). The van der Waals surface area contributed by atoms with Crippen LogP contribution in [0.15, 0.2) is 46.6 Å². The molecule has 1 aliphatic heterocycles. The highest BCUT2D eigenvalue weighted by Crippen LogP contribution is 2.34. The van der Waals surface area contributed by atoms with E-state index in [9.17, 15) is 9.50 Å². The summed E-state index contributed by atoms with van der Waals surface area (Å²) in [6, 6.07) is 7.06. The zero-order valence-corrected chi connectivity index (χ0v) is 15.8. The number of aliphatic hydroxyl groups is 1. The predicted molar refractivity (Wildman–Crippen MR) is 104 cm³/mol. The Labute approximate surface area is 160 Å². The van der Waals surface area contributed by atoms with E-state index in [4.69, 9.17) is 0 Å². The van der Waals surface area contributed by atoms with Crippen LogP contribution >= 0.6 is 22.7 Å². The third-order valence-corrected chi connectivity index (χ3v) is 6.23. The van der Waals surface area contributed by atoms with Crippen molar-refractivity contribution in [2.24, 2.45) is 0 Å². The highest BCUT2D eigenvalue weighted by molar-refractivity contribution is 7.09. The smallest absolute Gasteiger partial charge is 0.146 e. The van der Waals surface area contributed by atoms with E-state index in [2.05, 4.69) is 26.7 Å². The molecule has 7 heteroatoms. The summed E-state index contributed by atoms with van der Waals surface area (Å²) in [5, 5.41) is 17.4. The lowest BCUT2D eigenvalue weighted by molar-refractivity contribution is 0.218. The molecule has 26 heavy (non-hydrogen) atoms. The van der Waals surface area contributed by atoms with Crippen molar-refractivity contribution in [3.63, 3.8) is 0 Å². The highest BCUT2D eigenvalue weighted by atomic mass is 32.1. The fourth-order valence-electron chi connectivity index (χ4n) is 3.36. The first-order valence-electron chi connectivity index (χ1n) is 8.56. The third kappa shape index (κ3) is 3.66. The molecule has 0 unspecified atom stereocenters. The summed E-state index contributed by atoms with van der Waals surface area (Å²) >= 11 is 3.09. The van der Waals surface area contributed by atoms with Gasteiger partial charge in [-0.15, -0.1) is 11.3 Å². The Morgan fingerprint density at radius 2 is 2.00 bits per heavy atom. The molecule has 0 spiro atoms. The molecule has 1 fully saturated rings. The number of rotatable bonds is 5. The van der Waals surface area contributed by atoms with Gasteiger partial charge in [0.25, 0.3) is 0 Å². The Balaban J connectivity index is 1.51. The number of aliphatic hydroxyl groups excluding tert-OH is 1. The topological polar surface area (TPSA) is 39.6 Å². The molecule has 0 saturated carbocycles. The number of halogens is 1. The van der Waals surface area contributed by atoms with E-state index < -0.39 is 6.10 Å². The Hall–Kier alpha value is -1.80. The molecule has 4 nitrogen and oxygen atoms in total. The van der Waals surface area contributed by atoms with E-state index in [1.165, 1.54) is 23.0 Å². The molecule has 136 valence electrons. The van der Waals surface area contributed by atoms with Gasteiger partial charge in [-0.3, -0.25) is 4.90 Å². The number of hydrogen-bond acceptors (Lipinski definition) is 6. The van der Waals surface area contributed by atoms with Gasteiger partial charge in [-0.1, -0.05) is 12.1 Å². The quantitative estimate of drug-likeness (QED) is 0.721. The summed E-state index contributed by atoms with van der Waals surface area (Å²) in [5.74, 6) is -0.288. The fourth-order valence-corrected chi connectivity index (χ4v) is 4.66. The van der Waals surface area contributed by atoms with Crippen molar-refractivity contribution in [2.75, 3.05) is 31.1 Å². The first-order chi connectivity index (χ1) is 12.7. The van der Waals surface area contributed by atoms with Crippen molar-refractivity contribution in [2.45, 2.75) is 12.6 Å².